The van der Waals surface area contributed by atoms with E-state index in [1.807, 2.05) is 0 Å². The van der Waals surface area contributed by atoms with Crippen LogP contribution in [0.25, 0.3) is 0 Å². The molecule has 0 saturated heterocycles. The Hall–Kier alpha value is -1.02. The van der Waals surface area contributed by atoms with Crippen LogP contribution in [0.3, 0.4) is 0 Å². The van der Waals surface area contributed by atoms with Gasteiger partial charge in [0, 0.05) is 25.3 Å². The molecule has 0 aliphatic rings. The van der Waals surface area contributed by atoms with Gasteiger partial charge in [-0.2, -0.15) is 0 Å². The van der Waals surface area contributed by atoms with Gasteiger partial charge >= 0.3 is 0 Å². The van der Waals surface area contributed by atoms with Crippen molar-refractivity contribution in [1.29, 1.82) is 0 Å². The van der Waals surface area contributed by atoms with Crippen LogP contribution in [0.4, 0.5) is 5.69 Å². The fourth-order valence-electron chi connectivity index (χ4n) is 2.52. The van der Waals surface area contributed by atoms with Crippen molar-refractivity contribution in [2.24, 2.45) is 11.3 Å². The average molecular weight is 290 g/mol. The molecule has 0 aliphatic heterocycles. The Kier molecular flexibility index (Phi) is 6.27. The van der Waals surface area contributed by atoms with Gasteiger partial charge in [0.2, 0.25) is 0 Å². The molecule has 0 fully saturated rings. The summed E-state index contributed by atoms with van der Waals surface area (Å²) in [5.74, 6) is 0.698. The number of nitrogens with one attached hydrogen (secondary N) is 1. The lowest BCUT2D eigenvalue weighted by Gasteiger charge is -2.37. The lowest BCUT2D eigenvalue weighted by Crippen LogP contribution is -2.39. The van der Waals surface area contributed by atoms with Crippen molar-refractivity contribution in [2.45, 2.75) is 61.1 Å². The standard InChI is InChI=1S/C19H34N2/c1-14(2)12-20-13-17-9-10-18(15(3)11-17)21(8)16(4)19(5,6)7/h9-11,14,16,20H,12-13H2,1-8H3. The van der Waals surface area contributed by atoms with E-state index in [0.29, 0.717) is 12.0 Å². The van der Waals surface area contributed by atoms with E-state index in [1.165, 1.54) is 16.8 Å². The molecule has 0 aromatic heterocycles. The van der Waals surface area contributed by atoms with Crippen LogP contribution in [-0.2, 0) is 6.54 Å². The summed E-state index contributed by atoms with van der Waals surface area (Å²) in [6.45, 7) is 17.9. The van der Waals surface area contributed by atoms with Crippen LogP contribution < -0.4 is 10.2 Å². The van der Waals surface area contributed by atoms with Crippen molar-refractivity contribution in [3.8, 4) is 0 Å². The maximum Gasteiger partial charge on any atom is 0.0396 e. The first-order chi connectivity index (χ1) is 9.62. The molecule has 0 amide bonds. The Morgan fingerprint density at radius 1 is 1.14 bits per heavy atom. The number of hydrogen-bond donors (Lipinski definition) is 1. The number of rotatable bonds is 6. The quantitative estimate of drug-likeness (QED) is 0.823. The number of hydrogen-bond acceptors (Lipinski definition) is 2. The van der Waals surface area contributed by atoms with E-state index in [4.69, 9.17) is 0 Å². The van der Waals surface area contributed by atoms with Gasteiger partial charge in [0.15, 0.2) is 0 Å². The summed E-state index contributed by atoms with van der Waals surface area (Å²) < 4.78 is 0. The molecule has 0 heterocycles. The zero-order valence-corrected chi connectivity index (χ0v) is 15.2. The van der Waals surface area contributed by atoms with Crippen molar-refractivity contribution in [1.82, 2.24) is 5.32 Å². The van der Waals surface area contributed by atoms with Crippen molar-refractivity contribution >= 4 is 5.69 Å². The van der Waals surface area contributed by atoms with Gasteiger partial charge in [-0.3, -0.25) is 0 Å². The number of benzene rings is 1. The van der Waals surface area contributed by atoms with E-state index in [-0.39, 0.29) is 5.41 Å². The average Bonchev–Trinajstić information content (AvgIpc) is 2.35. The minimum absolute atomic E-state index is 0.276. The predicted octanol–water partition coefficient (Wildman–Crippen LogP) is 4.61. The van der Waals surface area contributed by atoms with Crippen molar-refractivity contribution in [3.63, 3.8) is 0 Å². The second-order valence-corrected chi connectivity index (χ2v) is 7.80. The first-order valence-electron chi connectivity index (χ1n) is 8.16. The highest BCUT2D eigenvalue weighted by Crippen LogP contribution is 2.29. The van der Waals surface area contributed by atoms with Crippen molar-refractivity contribution in [3.05, 3.63) is 29.3 Å². The molecule has 0 radical (unpaired) electrons. The predicted molar refractivity (Wildman–Crippen MR) is 95.0 cm³/mol. The Balaban J connectivity index is 2.78. The fourth-order valence-corrected chi connectivity index (χ4v) is 2.52. The highest BCUT2D eigenvalue weighted by Gasteiger charge is 2.24. The molecule has 1 aromatic carbocycles. The zero-order valence-electron chi connectivity index (χ0n) is 15.2. The summed E-state index contributed by atoms with van der Waals surface area (Å²) in [7, 11) is 2.20. The third kappa shape index (κ3) is 5.35. The molecular formula is C19H34N2. The van der Waals surface area contributed by atoms with Gasteiger partial charge in [-0.15, -0.1) is 0 Å². The summed E-state index contributed by atoms with van der Waals surface area (Å²) in [4.78, 5) is 2.40. The van der Waals surface area contributed by atoms with Crippen LogP contribution in [0.2, 0.25) is 0 Å². The lowest BCUT2D eigenvalue weighted by molar-refractivity contribution is 0.329. The monoisotopic (exact) mass is 290 g/mol. The zero-order chi connectivity index (χ0) is 16.2. The van der Waals surface area contributed by atoms with Crippen molar-refractivity contribution in [2.75, 3.05) is 18.5 Å². The molecule has 2 nitrogen and oxygen atoms in total. The number of anilines is 1. The summed E-state index contributed by atoms with van der Waals surface area (Å²) in [5, 5.41) is 3.51. The third-order valence-corrected chi connectivity index (χ3v) is 4.36. The van der Waals surface area contributed by atoms with E-state index in [0.717, 1.165) is 13.1 Å². The Morgan fingerprint density at radius 3 is 2.24 bits per heavy atom. The largest absolute Gasteiger partial charge is 0.371 e. The maximum absolute atomic E-state index is 3.51. The first-order valence-corrected chi connectivity index (χ1v) is 8.16. The normalized spacial score (nSPS) is 13.6. The maximum atomic E-state index is 3.51. The molecule has 0 saturated carbocycles. The smallest absolute Gasteiger partial charge is 0.0396 e. The SMILES string of the molecule is Cc1cc(CNCC(C)C)ccc1N(C)C(C)C(C)(C)C. The van der Waals surface area contributed by atoms with Gasteiger partial charge in [-0.1, -0.05) is 46.8 Å². The second kappa shape index (κ2) is 7.31. The second-order valence-electron chi connectivity index (χ2n) is 7.80. The van der Waals surface area contributed by atoms with E-state index >= 15 is 0 Å². The number of aryl methyl sites for hydroxylation is 1. The molecule has 0 aliphatic carbocycles. The van der Waals surface area contributed by atoms with Gasteiger partial charge in [-0.25, -0.2) is 0 Å². The fraction of sp³-hybridized carbons (Fsp3) is 0.684. The Morgan fingerprint density at radius 2 is 1.76 bits per heavy atom. The molecular weight excluding hydrogens is 256 g/mol. The molecule has 1 rings (SSSR count). The Labute approximate surface area is 131 Å². The number of nitrogens with zero attached hydrogens (tertiary/aromatic N) is 1. The highest BCUT2D eigenvalue weighted by atomic mass is 15.1. The molecule has 1 aromatic rings. The van der Waals surface area contributed by atoms with Crippen LogP contribution in [-0.4, -0.2) is 19.6 Å². The minimum atomic E-state index is 0.276. The van der Waals surface area contributed by atoms with E-state index < -0.39 is 0 Å². The molecule has 1 unspecified atom stereocenters. The van der Waals surface area contributed by atoms with Gasteiger partial charge < -0.3 is 10.2 Å². The van der Waals surface area contributed by atoms with E-state index in [2.05, 4.69) is 83.9 Å². The topological polar surface area (TPSA) is 15.3 Å². The summed E-state index contributed by atoms with van der Waals surface area (Å²) in [6.07, 6.45) is 0. The van der Waals surface area contributed by atoms with Gasteiger partial charge in [-0.05, 0) is 48.9 Å². The molecule has 120 valence electrons. The Bertz CT molecular complexity index is 443. The third-order valence-electron chi connectivity index (χ3n) is 4.36. The van der Waals surface area contributed by atoms with Crippen LogP contribution in [0.1, 0.15) is 52.7 Å². The van der Waals surface area contributed by atoms with Gasteiger partial charge in [0.05, 0.1) is 0 Å². The molecule has 0 bridgehead atoms. The molecule has 1 N–H and O–H groups in total. The van der Waals surface area contributed by atoms with Crippen molar-refractivity contribution < 1.29 is 0 Å². The first kappa shape index (κ1) is 18.0. The van der Waals surface area contributed by atoms with Crippen LogP contribution in [0.5, 0.6) is 0 Å². The highest BCUT2D eigenvalue weighted by molar-refractivity contribution is 5.54. The van der Waals surface area contributed by atoms with Crippen LogP contribution >= 0.6 is 0 Å². The van der Waals surface area contributed by atoms with E-state index in [1.54, 1.807) is 0 Å². The van der Waals surface area contributed by atoms with E-state index in [9.17, 15) is 0 Å². The minimum Gasteiger partial charge on any atom is -0.371 e. The van der Waals surface area contributed by atoms with Crippen LogP contribution in [0.15, 0.2) is 18.2 Å². The molecule has 0 spiro atoms. The lowest BCUT2D eigenvalue weighted by atomic mass is 9.86. The van der Waals surface area contributed by atoms with Crippen LogP contribution in [0, 0.1) is 18.3 Å². The summed E-state index contributed by atoms with van der Waals surface area (Å²) in [5.41, 5.74) is 4.34. The summed E-state index contributed by atoms with van der Waals surface area (Å²) in [6, 6.07) is 7.33. The molecule has 1 atom stereocenters. The van der Waals surface area contributed by atoms with Gasteiger partial charge in [0.1, 0.15) is 0 Å². The molecule has 21 heavy (non-hydrogen) atoms. The molecule has 2 heteroatoms. The summed E-state index contributed by atoms with van der Waals surface area (Å²) >= 11 is 0. The van der Waals surface area contributed by atoms with Gasteiger partial charge in [0.25, 0.3) is 0 Å².